The molecule has 0 radical (unpaired) electrons. The van der Waals surface area contributed by atoms with Crippen LogP contribution in [0.4, 0.5) is 0 Å². The second-order valence-electron chi connectivity index (χ2n) is 9.29. The van der Waals surface area contributed by atoms with Crippen molar-refractivity contribution in [2.24, 2.45) is 0 Å². The van der Waals surface area contributed by atoms with E-state index in [-0.39, 0.29) is 11.4 Å². The van der Waals surface area contributed by atoms with E-state index in [1.54, 1.807) is 0 Å². The third-order valence-electron chi connectivity index (χ3n) is 5.53. The number of unbranched alkanes of at least 4 members (excludes halogenated alkanes) is 5. The van der Waals surface area contributed by atoms with Crippen LogP contribution in [-0.4, -0.2) is 33.1 Å². The molecule has 0 spiro atoms. The summed E-state index contributed by atoms with van der Waals surface area (Å²) in [6, 6.07) is 11.6. The Bertz CT molecular complexity index is 1010. The number of fused-ring (bicyclic) bond motifs is 1. The number of esters is 1. The molecular weight excluding hydrogens is 414 g/mol. The number of aromatic nitrogens is 3. The number of hydrogen-bond acceptors (Lipinski definition) is 5. The lowest BCUT2D eigenvalue weighted by molar-refractivity contribution is -0.143. The Morgan fingerprint density at radius 2 is 1.61 bits per heavy atom. The highest BCUT2D eigenvalue weighted by Gasteiger charge is 2.21. The monoisotopic (exact) mass is 453 g/mol. The molecule has 180 valence electrons. The molecule has 0 saturated heterocycles. The van der Waals surface area contributed by atoms with Crippen molar-refractivity contribution in [3.63, 3.8) is 0 Å². The van der Waals surface area contributed by atoms with E-state index in [2.05, 4.69) is 43.1 Å². The summed E-state index contributed by atoms with van der Waals surface area (Å²) < 4.78 is 4.96. The Labute approximate surface area is 197 Å². The van der Waals surface area contributed by atoms with Gasteiger partial charge in [0, 0.05) is 17.5 Å². The number of para-hydroxylation sites is 2. The number of rotatable bonds is 9. The molecule has 0 aliphatic rings. The molecule has 0 saturated carbocycles. The van der Waals surface area contributed by atoms with Gasteiger partial charge in [0.2, 0.25) is 0 Å². The number of aromatic amines is 1. The Morgan fingerprint density at radius 3 is 2.30 bits per heavy atom. The van der Waals surface area contributed by atoms with Crippen LogP contribution in [0.15, 0.2) is 36.4 Å². The largest absolute Gasteiger partial charge is 0.507 e. The molecule has 0 aliphatic carbocycles. The number of H-pyrrole nitrogens is 1. The zero-order chi connectivity index (χ0) is 24.3. The van der Waals surface area contributed by atoms with E-state index in [9.17, 15) is 9.90 Å². The molecule has 3 aromatic rings. The summed E-state index contributed by atoms with van der Waals surface area (Å²) in [4.78, 5) is 10.7. The maximum absolute atomic E-state index is 10.7. The zero-order valence-electron chi connectivity index (χ0n) is 20.8. The standard InChI is InChI=1S/C16H17N3O.C11H22O2/c1-16(2,3)12-8-4-7-11(15(12)20)10-6-5-9-13-14(10)18-19-17-13;1-3-5-6-7-8-9-10-13-11(12)4-2/h4-9,20H,1-3H3,(H,17,18,19);3-10H2,1-2H3. The predicted octanol–water partition coefficient (Wildman–Crippen LogP) is 6.93. The van der Waals surface area contributed by atoms with Crippen molar-refractivity contribution in [2.45, 2.75) is 85.0 Å². The maximum Gasteiger partial charge on any atom is 0.305 e. The summed E-state index contributed by atoms with van der Waals surface area (Å²) in [6.07, 6.45) is 7.91. The molecule has 0 atom stereocenters. The third kappa shape index (κ3) is 7.88. The second kappa shape index (κ2) is 13.0. The van der Waals surface area contributed by atoms with Crippen molar-refractivity contribution in [2.75, 3.05) is 6.61 Å². The lowest BCUT2D eigenvalue weighted by atomic mass is 9.84. The second-order valence-corrected chi connectivity index (χ2v) is 9.29. The van der Waals surface area contributed by atoms with Gasteiger partial charge in [-0.1, -0.05) is 97.1 Å². The van der Waals surface area contributed by atoms with Crippen molar-refractivity contribution in [1.82, 2.24) is 15.4 Å². The van der Waals surface area contributed by atoms with E-state index < -0.39 is 0 Å². The molecule has 2 N–H and O–H groups in total. The van der Waals surface area contributed by atoms with Gasteiger partial charge in [-0.2, -0.15) is 15.4 Å². The summed E-state index contributed by atoms with van der Waals surface area (Å²) >= 11 is 0. The number of ether oxygens (including phenoxy) is 1. The number of hydrogen-bond donors (Lipinski definition) is 2. The number of benzene rings is 2. The fourth-order valence-corrected chi connectivity index (χ4v) is 3.62. The first-order chi connectivity index (χ1) is 15.8. The first kappa shape index (κ1) is 26.4. The molecule has 0 bridgehead atoms. The fourth-order valence-electron chi connectivity index (χ4n) is 3.62. The van der Waals surface area contributed by atoms with Gasteiger partial charge < -0.3 is 9.84 Å². The van der Waals surface area contributed by atoms with Crippen LogP contribution in [0.1, 0.15) is 85.1 Å². The molecule has 6 nitrogen and oxygen atoms in total. The van der Waals surface area contributed by atoms with E-state index in [1.807, 2.05) is 43.3 Å². The van der Waals surface area contributed by atoms with Gasteiger partial charge in [0.05, 0.1) is 6.61 Å². The van der Waals surface area contributed by atoms with Gasteiger partial charge in [-0.15, -0.1) is 0 Å². The van der Waals surface area contributed by atoms with Gasteiger partial charge in [-0.3, -0.25) is 4.79 Å². The van der Waals surface area contributed by atoms with Gasteiger partial charge in [0.15, 0.2) is 0 Å². The van der Waals surface area contributed by atoms with Crippen molar-refractivity contribution in [3.05, 3.63) is 42.0 Å². The number of nitrogens with one attached hydrogen (secondary N) is 1. The minimum absolute atomic E-state index is 0.0754. The minimum Gasteiger partial charge on any atom is -0.507 e. The lowest BCUT2D eigenvalue weighted by Gasteiger charge is -2.22. The summed E-state index contributed by atoms with van der Waals surface area (Å²) in [5, 5.41) is 21.5. The number of aromatic hydroxyl groups is 1. The maximum atomic E-state index is 10.7. The summed E-state index contributed by atoms with van der Waals surface area (Å²) in [7, 11) is 0. The highest BCUT2D eigenvalue weighted by Crippen LogP contribution is 2.39. The van der Waals surface area contributed by atoms with Crippen LogP contribution >= 0.6 is 0 Å². The smallest absolute Gasteiger partial charge is 0.305 e. The van der Waals surface area contributed by atoms with Crippen LogP contribution < -0.4 is 0 Å². The van der Waals surface area contributed by atoms with E-state index in [0.29, 0.717) is 18.8 Å². The highest BCUT2D eigenvalue weighted by molar-refractivity contribution is 5.93. The first-order valence-electron chi connectivity index (χ1n) is 12.1. The van der Waals surface area contributed by atoms with Crippen molar-refractivity contribution in [1.29, 1.82) is 0 Å². The van der Waals surface area contributed by atoms with Crippen molar-refractivity contribution in [3.8, 4) is 16.9 Å². The van der Waals surface area contributed by atoms with Gasteiger partial charge >= 0.3 is 5.97 Å². The molecule has 0 unspecified atom stereocenters. The normalized spacial score (nSPS) is 11.2. The molecule has 0 amide bonds. The number of carbonyl (C=O) groups excluding carboxylic acids is 1. The van der Waals surface area contributed by atoms with Gasteiger partial charge in [0.1, 0.15) is 16.8 Å². The van der Waals surface area contributed by atoms with E-state index in [0.717, 1.165) is 34.1 Å². The molecule has 0 aliphatic heterocycles. The van der Waals surface area contributed by atoms with Gasteiger partial charge in [0.25, 0.3) is 0 Å². The average Bonchev–Trinajstić information content (AvgIpc) is 3.27. The highest BCUT2D eigenvalue weighted by atomic mass is 16.5. The molecule has 33 heavy (non-hydrogen) atoms. The van der Waals surface area contributed by atoms with Crippen LogP contribution in [0.5, 0.6) is 5.75 Å². The quantitative estimate of drug-likeness (QED) is 0.271. The number of phenols is 1. The molecule has 2 aromatic carbocycles. The molecule has 3 rings (SSSR count). The van der Waals surface area contributed by atoms with Gasteiger partial charge in [-0.25, -0.2) is 0 Å². The Morgan fingerprint density at radius 1 is 0.939 bits per heavy atom. The lowest BCUT2D eigenvalue weighted by Crippen LogP contribution is -2.11. The average molecular weight is 454 g/mol. The van der Waals surface area contributed by atoms with Crippen LogP contribution in [0.3, 0.4) is 0 Å². The molecule has 0 fully saturated rings. The summed E-state index contributed by atoms with van der Waals surface area (Å²) in [6.45, 7) is 10.9. The van der Waals surface area contributed by atoms with E-state index in [1.165, 1.54) is 32.1 Å². The topological polar surface area (TPSA) is 88.1 Å². The fraction of sp³-hybridized carbons (Fsp3) is 0.519. The first-order valence-corrected chi connectivity index (χ1v) is 12.1. The Kier molecular flexibility index (Phi) is 10.4. The molecule has 1 aromatic heterocycles. The van der Waals surface area contributed by atoms with Crippen LogP contribution in [-0.2, 0) is 14.9 Å². The van der Waals surface area contributed by atoms with Crippen molar-refractivity contribution >= 4 is 17.0 Å². The van der Waals surface area contributed by atoms with E-state index in [4.69, 9.17) is 4.74 Å². The van der Waals surface area contributed by atoms with Crippen LogP contribution in [0.25, 0.3) is 22.2 Å². The molecule has 6 heteroatoms. The Balaban J connectivity index is 0.000000260. The predicted molar refractivity (Wildman–Crippen MR) is 134 cm³/mol. The van der Waals surface area contributed by atoms with Crippen molar-refractivity contribution < 1.29 is 14.6 Å². The molecular formula is C27H39N3O3. The minimum atomic E-state index is -0.113. The van der Waals surface area contributed by atoms with E-state index >= 15 is 0 Å². The zero-order valence-corrected chi connectivity index (χ0v) is 20.8. The SMILES string of the molecule is CC(C)(C)c1cccc(-c2cccc3n[nH]nc23)c1O.CCCCCCCCOC(=O)CC. The van der Waals surface area contributed by atoms with Crippen LogP contribution in [0.2, 0.25) is 0 Å². The number of phenolic OH excluding ortho intramolecular Hbond substituents is 1. The Hall–Kier alpha value is -2.89. The third-order valence-corrected chi connectivity index (χ3v) is 5.53. The number of carbonyl (C=O) groups is 1. The van der Waals surface area contributed by atoms with Crippen LogP contribution in [0, 0.1) is 0 Å². The van der Waals surface area contributed by atoms with Gasteiger partial charge in [-0.05, 0) is 23.5 Å². The summed E-state index contributed by atoms with van der Waals surface area (Å²) in [5.74, 6) is 0.240. The number of nitrogens with zero attached hydrogens (tertiary/aromatic N) is 2. The molecule has 1 heterocycles. The summed E-state index contributed by atoms with van der Waals surface area (Å²) in [5.41, 5.74) is 4.06.